The number of nitrogen functional groups attached to an aromatic ring is 1. The fourth-order valence-electron chi connectivity index (χ4n) is 2.99. The maximum absolute atomic E-state index is 9.49. The van der Waals surface area contributed by atoms with Gasteiger partial charge in [0.1, 0.15) is 17.5 Å². The Morgan fingerprint density at radius 1 is 1.33 bits per heavy atom. The molecule has 0 atom stereocenters. The first-order chi connectivity index (χ1) is 10.1. The van der Waals surface area contributed by atoms with E-state index in [1.165, 1.54) is 0 Å². The molecule has 108 valence electrons. The van der Waals surface area contributed by atoms with Crippen molar-refractivity contribution in [1.29, 1.82) is 5.26 Å². The van der Waals surface area contributed by atoms with Gasteiger partial charge in [0, 0.05) is 24.5 Å². The highest BCUT2D eigenvalue weighted by molar-refractivity contribution is 5.98. The second-order valence-corrected chi connectivity index (χ2v) is 5.63. The maximum Gasteiger partial charge on any atom is 0.144 e. The molecule has 0 amide bonds. The van der Waals surface area contributed by atoms with Crippen LogP contribution in [0.1, 0.15) is 24.0 Å². The molecule has 1 fully saturated rings. The number of piperidine rings is 1. The lowest BCUT2D eigenvalue weighted by Crippen LogP contribution is -2.40. The monoisotopic (exact) mass is 281 g/mol. The highest BCUT2D eigenvalue weighted by Crippen LogP contribution is 2.35. The molecule has 4 N–H and O–H groups in total. The second-order valence-electron chi connectivity index (χ2n) is 5.63. The minimum Gasteiger partial charge on any atom is -0.383 e. The van der Waals surface area contributed by atoms with E-state index in [2.05, 4.69) is 16.0 Å². The normalized spacial score (nSPS) is 16.1. The number of para-hydroxylation sites is 1. The number of hydrogen-bond acceptors (Lipinski definition) is 5. The van der Waals surface area contributed by atoms with Crippen LogP contribution in [0.2, 0.25) is 0 Å². The quantitative estimate of drug-likeness (QED) is 0.833. The van der Waals surface area contributed by atoms with E-state index >= 15 is 0 Å². The molecule has 0 saturated carbocycles. The van der Waals surface area contributed by atoms with Crippen molar-refractivity contribution in [3.05, 3.63) is 29.3 Å². The molecule has 21 heavy (non-hydrogen) atoms. The van der Waals surface area contributed by atoms with Crippen molar-refractivity contribution in [2.75, 3.05) is 23.7 Å². The van der Waals surface area contributed by atoms with E-state index in [-0.39, 0.29) is 6.04 Å². The zero-order valence-electron chi connectivity index (χ0n) is 12.1. The molecule has 3 rings (SSSR count). The van der Waals surface area contributed by atoms with Crippen molar-refractivity contribution in [2.45, 2.75) is 25.8 Å². The first-order valence-corrected chi connectivity index (χ1v) is 7.21. The molecule has 0 aliphatic carbocycles. The first-order valence-electron chi connectivity index (χ1n) is 7.21. The summed E-state index contributed by atoms with van der Waals surface area (Å²) in [5.41, 5.74) is 15.3. The van der Waals surface area contributed by atoms with E-state index in [1.54, 1.807) is 0 Å². The van der Waals surface area contributed by atoms with Crippen molar-refractivity contribution in [2.24, 2.45) is 5.73 Å². The summed E-state index contributed by atoms with van der Waals surface area (Å²) >= 11 is 0. The second kappa shape index (κ2) is 5.23. The van der Waals surface area contributed by atoms with Crippen molar-refractivity contribution in [3.8, 4) is 6.07 Å². The van der Waals surface area contributed by atoms with E-state index in [1.807, 2.05) is 25.1 Å². The third-order valence-electron chi connectivity index (χ3n) is 4.19. The van der Waals surface area contributed by atoms with E-state index < -0.39 is 0 Å². The maximum atomic E-state index is 9.49. The summed E-state index contributed by atoms with van der Waals surface area (Å²) in [7, 11) is 0. The van der Waals surface area contributed by atoms with Gasteiger partial charge in [-0.25, -0.2) is 4.98 Å². The van der Waals surface area contributed by atoms with E-state index in [0.29, 0.717) is 11.4 Å². The van der Waals surface area contributed by atoms with Crippen LogP contribution < -0.4 is 16.4 Å². The van der Waals surface area contributed by atoms with E-state index in [9.17, 15) is 5.26 Å². The van der Waals surface area contributed by atoms with Crippen LogP contribution in [0.5, 0.6) is 0 Å². The smallest absolute Gasteiger partial charge is 0.144 e. The van der Waals surface area contributed by atoms with Crippen LogP contribution in [0.15, 0.2) is 18.2 Å². The third kappa shape index (κ3) is 2.28. The molecule has 0 unspecified atom stereocenters. The standard InChI is InChI=1S/C16H19N5/c1-10-3-2-4-12-14(10)20-16(19)13(9-17)15(12)21-7-5-11(18)6-8-21/h2-4,11H,5-8,18H2,1H3,(H2,19,20). The Labute approximate surface area is 124 Å². The van der Waals surface area contributed by atoms with Crippen LogP contribution in [0.3, 0.4) is 0 Å². The number of aryl methyl sites for hydroxylation is 1. The summed E-state index contributed by atoms with van der Waals surface area (Å²) < 4.78 is 0. The first kappa shape index (κ1) is 13.7. The molecule has 2 aromatic rings. The molecule has 0 spiro atoms. The summed E-state index contributed by atoms with van der Waals surface area (Å²) in [4.78, 5) is 6.64. The highest BCUT2D eigenvalue weighted by Gasteiger charge is 2.23. The minimum absolute atomic E-state index is 0.249. The Hall–Kier alpha value is -2.32. The van der Waals surface area contributed by atoms with Crippen LogP contribution in [0, 0.1) is 18.3 Å². The number of hydrogen-bond donors (Lipinski definition) is 2. The summed E-state index contributed by atoms with van der Waals surface area (Å²) in [5.74, 6) is 0.309. The molecule has 1 saturated heterocycles. The van der Waals surface area contributed by atoms with Gasteiger partial charge in [-0.15, -0.1) is 0 Å². The molecular formula is C16H19N5. The van der Waals surface area contributed by atoms with Gasteiger partial charge < -0.3 is 16.4 Å². The van der Waals surface area contributed by atoms with Crippen LogP contribution in [-0.4, -0.2) is 24.1 Å². The third-order valence-corrected chi connectivity index (χ3v) is 4.19. The summed E-state index contributed by atoms with van der Waals surface area (Å²) in [5, 5.41) is 10.5. The average Bonchev–Trinajstić information content (AvgIpc) is 2.48. The Morgan fingerprint density at radius 2 is 2.05 bits per heavy atom. The lowest BCUT2D eigenvalue weighted by atomic mass is 10.0. The predicted molar refractivity (Wildman–Crippen MR) is 85.0 cm³/mol. The predicted octanol–water partition coefficient (Wildman–Crippen LogP) is 1.92. The molecular weight excluding hydrogens is 262 g/mol. The van der Waals surface area contributed by atoms with Crippen LogP contribution in [-0.2, 0) is 0 Å². The molecule has 1 aliphatic heterocycles. The number of benzene rings is 1. The highest BCUT2D eigenvalue weighted by atomic mass is 15.1. The Bertz CT molecular complexity index is 724. The SMILES string of the molecule is Cc1cccc2c(N3CCC(N)CC3)c(C#N)c(N)nc12. The van der Waals surface area contributed by atoms with Gasteiger partial charge in [-0.2, -0.15) is 5.26 Å². The summed E-state index contributed by atoms with van der Waals surface area (Å²) in [6.45, 7) is 3.71. The summed E-state index contributed by atoms with van der Waals surface area (Å²) in [6.07, 6.45) is 1.86. The van der Waals surface area contributed by atoms with Crippen LogP contribution >= 0.6 is 0 Å². The molecule has 5 nitrogen and oxygen atoms in total. The van der Waals surface area contributed by atoms with E-state index in [4.69, 9.17) is 11.5 Å². The van der Waals surface area contributed by atoms with Crippen molar-refractivity contribution < 1.29 is 0 Å². The lowest BCUT2D eigenvalue weighted by molar-refractivity contribution is 0.502. The average molecular weight is 281 g/mol. The van der Waals surface area contributed by atoms with Gasteiger partial charge >= 0.3 is 0 Å². The van der Waals surface area contributed by atoms with Gasteiger partial charge in [0.15, 0.2) is 0 Å². The zero-order chi connectivity index (χ0) is 15.0. The molecule has 1 aromatic heterocycles. The summed E-state index contributed by atoms with van der Waals surface area (Å²) in [6, 6.07) is 8.49. The van der Waals surface area contributed by atoms with Gasteiger partial charge in [0.05, 0.1) is 11.2 Å². The van der Waals surface area contributed by atoms with Crippen LogP contribution in [0.25, 0.3) is 10.9 Å². The van der Waals surface area contributed by atoms with Gasteiger partial charge in [-0.3, -0.25) is 0 Å². The van der Waals surface area contributed by atoms with Gasteiger partial charge in [-0.05, 0) is 25.3 Å². The number of nitrogens with zero attached hydrogens (tertiary/aromatic N) is 3. The zero-order valence-corrected chi connectivity index (χ0v) is 12.1. The fourth-order valence-corrected chi connectivity index (χ4v) is 2.99. The molecule has 1 aromatic carbocycles. The van der Waals surface area contributed by atoms with Gasteiger partial charge in [-0.1, -0.05) is 18.2 Å². The number of anilines is 2. The van der Waals surface area contributed by atoms with Crippen molar-refractivity contribution in [3.63, 3.8) is 0 Å². The van der Waals surface area contributed by atoms with Crippen molar-refractivity contribution in [1.82, 2.24) is 4.98 Å². The number of pyridine rings is 1. The fraction of sp³-hybridized carbons (Fsp3) is 0.375. The number of nitriles is 1. The molecule has 0 radical (unpaired) electrons. The van der Waals surface area contributed by atoms with Gasteiger partial charge in [0.25, 0.3) is 0 Å². The largest absolute Gasteiger partial charge is 0.383 e. The lowest BCUT2D eigenvalue weighted by Gasteiger charge is -2.33. The van der Waals surface area contributed by atoms with Gasteiger partial charge in [0.2, 0.25) is 0 Å². The number of nitrogens with two attached hydrogens (primary N) is 2. The molecule has 0 bridgehead atoms. The Kier molecular flexibility index (Phi) is 3.40. The van der Waals surface area contributed by atoms with Crippen molar-refractivity contribution >= 4 is 22.4 Å². The van der Waals surface area contributed by atoms with Crippen LogP contribution in [0.4, 0.5) is 11.5 Å². The molecule has 5 heteroatoms. The topological polar surface area (TPSA) is 92.0 Å². The van der Waals surface area contributed by atoms with E-state index in [0.717, 1.165) is 48.1 Å². The Morgan fingerprint density at radius 3 is 2.71 bits per heavy atom. The Balaban J connectivity index is 2.24. The number of aromatic nitrogens is 1. The molecule has 1 aliphatic rings. The number of fused-ring (bicyclic) bond motifs is 1. The number of rotatable bonds is 1. The molecule has 2 heterocycles. The minimum atomic E-state index is 0.249.